The summed E-state index contributed by atoms with van der Waals surface area (Å²) in [7, 11) is 0. The summed E-state index contributed by atoms with van der Waals surface area (Å²) in [5, 5.41) is 16.0. The number of nitrogens with zero attached hydrogens (tertiary/aromatic N) is 5. The highest BCUT2D eigenvalue weighted by Crippen LogP contribution is 2.28. The number of anilines is 3. The number of aryl methyl sites for hydroxylation is 1. The van der Waals surface area contributed by atoms with Gasteiger partial charge in [-0.25, -0.2) is 15.0 Å². The van der Waals surface area contributed by atoms with Crippen molar-refractivity contribution in [2.24, 2.45) is 0 Å². The van der Waals surface area contributed by atoms with E-state index in [0.29, 0.717) is 51.7 Å². The maximum Gasteiger partial charge on any atom is 0.254 e. The summed E-state index contributed by atoms with van der Waals surface area (Å²) in [6.45, 7) is 4.93. The Morgan fingerprint density at radius 1 is 1.30 bits per heavy atom. The third kappa shape index (κ3) is 4.22. The minimum atomic E-state index is 0.00882. The zero-order valence-corrected chi connectivity index (χ0v) is 17.2. The second-order valence-corrected chi connectivity index (χ2v) is 7.89. The smallest absolute Gasteiger partial charge is 0.254 e. The molecule has 1 amide bonds. The fourth-order valence-corrected chi connectivity index (χ4v) is 3.93. The number of amides is 1. The Morgan fingerprint density at radius 2 is 2.10 bits per heavy atom. The van der Waals surface area contributed by atoms with E-state index in [0.717, 1.165) is 30.0 Å². The van der Waals surface area contributed by atoms with Crippen LogP contribution in [0, 0.1) is 18.3 Å². The topological polar surface area (TPSA) is 133 Å². The molecule has 10 heteroatoms. The van der Waals surface area contributed by atoms with Gasteiger partial charge in [0.05, 0.1) is 5.69 Å². The number of rotatable bonds is 4. The lowest BCUT2D eigenvalue weighted by molar-refractivity contribution is 0.0736. The molecule has 0 spiro atoms. The van der Waals surface area contributed by atoms with E-state index in [-0.39, 0.29) is 5.91 Å². The number of nitrogens with two attached hydrogens (primary N) is 1. The van der Waals surface area contributed by atoms with Crippen LogP contribution in [0.2, 0.25) is 0 Å². The molecule has 152 valence electrons. The molecular weight excluding hydrogens is 400 g/mol. The highest BCUT2D eigenvalue weighted by atomic mass is 32.1. The Balaban J connectivity index is 1.59. The number of hydrogen-bond donors (Lipinski definition) is 3. The third-order valence-electron chi connectivity index (χ3n) is 4.63. The minimum Gasteiger partial charge on any atom is -0.375 e. The number of nitrogens with one attached hydrogen (secondary N) is 2. The van der Waals surface area contributed by atoms with Crippen molar-refractivity contribution in [2.45, 2.75) is 6.92 Å². The van der Waals surface area contributed by atoms with Crippen molar-refractivity contribution in [3.05, 3.63) is 46.5 Å². The molecule has 0 bridgehead atoms. The lowest BCUT2D eigenvalue weighted by Crippen LogP contribution is -2.46. The summed E-state index contributed by atoms with van der Waals surface area (Å²) < 4.78 is 0. The molecule has 4 N–H and O–H groups in total. The molecule has 1 aliphatic heterocycles. The Labute approximate surface area is 177 Å². The van der Waals surface area contributed by atoms with Gasteiger partial charge in [0.2, 0.25) is 5.95 Å². The third-order valence-corrected chi connectivity index (χ3v) is 5.42. The van der Waals surface area contributed by atoms with Crippen molar-refractivity contribution in [2.75, 3.05) is 37.2 Å². The summed E-state index contributed by atoms with van der Waals surface area (Å²) in [5.74, 6) is 0.351. The van der Waals surface area contributed by atoms with Gasteiger partial charge in [0.1, 0.15) is 16.6 Å². The molecule has 1 fully saturated rings. The van der Waals surface area contributed by atoms with Gasteiger partial charge >= 0.3 is 0 Å². The summed E-state index contributed by atoms with van der Waals surface area (Å²) in [6, 6.07) is 9.37. The number of nitriles is 1. The summed E-state index contributed by atoms with van der Waals surface area (Å²) in [5.41, 5.74) is 8.96. The van der Waals surface area contributed by atoms with Crippen LogP contribution in [0.15, 0.2) is 30.5 Å². The Morgan fingerprint density at radius 3 is 2.87 bits per heavy atom. The van der Waals surface area contributed by atoms with Gasteiger partial charge in [0.25, 0.3) is 5.91 Å². The van der Waals surface area contributed by atoms with Crippen molar-refractivity contribution in [3.63, 3.8) is 0 Å². The van der Waals surface area contributed by atoms with Gasteiger partial charge < -0.3 is 21.3 Å². The van der Waals surface area contributed by atoms with Crippen LogP contribution in [0.3, 0.4) is 0 Å². The van der Waals surface area contributed by atoms with E-state index in [1.165, 1.54) is 0 Å². The maximum atomic E-state index is 12.9. The maximum absolute atomic E-state index is 12.9. The molecule has 0 unspecified atom stereocenters. The van der Waals surface area contributed by atoms with Gasteiger partial charge in [-0.15, -0.1) is 0 Å². The number of hydrogen-bond acceptors (Lipinski definition) is 9. The summed E-state index contributed by atoms with van der Waals surface area (Å²) in [4.78, 5) is 28.0. The number of aromatic nitrogens is 3. The van der Waals surface area contributed by atoms with Gasteiger partial charge in [-0.1, -0.05) is 11.3 Å². The van der Waals surface area contributed by atoms with Crippen LogP contribution in [-0.4, -0.2) is 51.9 Å². The van der Waals surface area contributed by atoms with Gasteiger partial charge in [-0.05, 0) is 36.8 Å². The molecule has 30 heavy (non-hydrogen) atoms. The second kappa shape index (κ2) is 8.44. The van der Waals surface area contributed by atoms with Crippen molar-refractivity contribution in [3.8, 4) is 17.5 Å². The first kappa shape index (κ1) is 19.8. The molecular formula is C20H20N8OS. The van der Waals surface area contributed by atoms with Crippen molar-refractivity contribution >= 4 is 34.0 Å². The SMILES string of the molecule is Cc1cc(Nc2nccc(-c3nc(N)sc3C#N)n2)cc(C(=O)N2CCNCC2)c1. The quantitative estimate of drug-likeness (QED) is 0.585. The molecule has 0 radical (unpaired) electrons. The molecule has 1 aliphatic rings. The molecule has 3 aromatic rings. The van der Waals surface area contributed by atoms with Crippen molar-refractivity contribution in [1.29, 1.82) is 5.26 Å². The van der Waals surface area contributed by atoms with Crippen LogP contribution in [0.25, 0.3) is 11.4 Å². The second-order valence-electron chi connectivity index (χ2n) is 6.86. The standard InChI is InChI=1S/C20H20N8OS/c1-12-8-13(18(29)28-6-4-23-5-7-28)10-14(9-12)25-20-24-3-2-15(26-20)17-16(11-21)30-19(22)27-17/h2-3,8-10,23H,4-7H2,1H3,(H2,22,27)(H,24,25,26). The first-order valence-electron chi connectivity index (χ1n) is 9.42. The van der Waals surface area contributed by atoms with Gasteiger partial charge in [-0.2, -0.15) is 5.26 Å². The van der Waals surface area contributed by atoms with Crippen molar-refractivity contribution < 1.29 is 4.79 Å². The first-order valence-corrected chi connectivity index (χ1v) is 10.2. The summed E-state index contributed by atoms with van der Waals surface area (Å²) in [6.07, 6.45) is 1.59. The van der Waals surface area contributed by atoms with E-state index in [1.807, 2.05) is 24.0 Å². The van der Waals surface area contributed by atoms with Crippen LogP contribution in [0.4, 0.5) is 16.8 Å². The molecule has 3 heterocycles. The highest BCUT2D eigenvalue weighted by Gasteiger charge is 2.19. The first-order chi connectivity index (χ1) is 14.5. The Hall–Kier alpha value is -3.55. The normalized spacial score (nSPS) is 13.7. The molecule has 0 saturated carbocycles. The molecule has 1 aromatic carbocycles. The number of nitrogen functional groups attached to an aromatic ring is 1. The zero-order chi connectivity index (χ0) is 21.1. The molecule has 9 nitrogen and oxygen atoms in total. The molecule has 2 aromatic heterocycles. The van der Waals surface area contributed by atoms with Gasteiger partial charge in [-0.3, -0.25) is 4.79 Å². The molecule has 1 saturated heterocycles. The highest BCUT2D eigenvalue weighted by molar-refractivity contribution is 7.16. The predicted molar refractivity (Wildman–Crippen MR) is 116 cm³/mol. The average Bonchev–Trinajstić information content (AvgIpc) is 3.14. The van der Waals surface area contributed by atoms with Crippen LogP contribution in [-0.2, 0) is 0 Å². The Bertz CT molecular complexity index is 1130. The van der Waals surface area contributed by atoms with E-state index in [1.54, 1.807) is 18.3 Å². The van der Waals surface area contributed by atoms with E-state index in [4.69, 9.17) is 5.73 Å². The molecule has 4 rings (SSSR count). The van der Waals surface area contributed by atoms with E-state index < -0.39 is 0 Å². The van der Waals surface area contributed by atoms with Crippen LogP contribution < -0.4 is 16.4 Å². The number of piperazine rings is 1. The van der Waals surface area contributed by atoms with Gasteiger partial charge in [0, 0.05) is 43.6 Å². The average molecular weight is 421 g/mol. The minimum absolute atomic E-state index is 0.00882. The lowest BCUT2D eigenvalue weighted by atomic mass is 10.1. The molecule has 0 atom stereocenters. The van der Waals surface area contributed by atoms with E-state index in [9.17, 15) is 10.1 Å². The monoisotopic (exact) mass is 420 g/mol. The lowest BCUT2D eigenvalue weighted by Gasteiger charge is -2.27. The van der Waals surface area contributed by atoms with Crippen molar-refractivity contribution in [1.82, 2.24) is 25.2 Å². The van der Waals surface area contributed by atoms with Gasteiger partial charge in [0.15, 0.2) is 5.13 Å². The van der Waals surface area contributed by atoms with E-state index >= 15 is 0 Å². The largest absolute Gasteiger partial charge is 0.375 e. The zero-order valence-electron chi connectivity index (χ0n) is 16.3. The number of thiazole rings is 1. The van der Waals surface area contributed by atoms with Crippen LogP contribution in [0.1, 0.15) is 20.8 Å². The Kier molecular flexibility index (Phi) is 5.56. The molecule has 0 aliphatic carbocycles. The fourth-order valence-electron chi connectivity index (χ4n) is 3.30. The van der Waals surface area contributed by atoms with Crippen LogP contribution >= 0.6 is 11.3 Å². The summed E-state index contributed by atoms with van der Waals surface area (Å²) >= 11 is 1.12. The van der Waals surface area contributed by atoms with Crippen LogP contribution in [0.5, 0.6) is 0 Å². The fraction of sp³-hybridized carbons (Fsp3) is 0.250. The number of benzene rings is 1. The number of carbonyl (C=O) groups is 1. The van der Waals surface area contributed by atoms with E-state index in [2.05, 4.69) is 31.7 Å². The number of carbonyl (C=O) groups excluding carboxylic acids is 1. The predicted octanol–water partition coefficient (Wildman–Crippen LogP) is 2.15.